The molecule has 0 radical (unpaired) electrons. The maximum atomic E-state index is 10.4. The van der Waals surface area contributed by atoms with Crippen LogP contribution in [0.1, 0.15) is 71.9 Å². The van der Waals surface area contributed by atoms with Gasteiger partial charge in [0.15, 0.2) is 0 Å². The zero-order chi connectivity index (χ0) is 64.8. The zero-order valence-corrected chi connectivity index (χ0v) is 43.8. The van der Waals surface area contributed by atoms with E-state index in [0.29, 0.717) is 56.0 Å². The first-order valence-corrected chi connectivity index (χ1v) is 26.3. The average molecular weight is 1020 g/mol. The zero-order valence-electron chi connectivity index (χ0n) is 57.8. The highest BCUT2D eigenvalue weighted by atomic mass is 15.2. The molecule has 0 atom stereocenters. The van der Waals surface area contributed by atoms with E-state index >= 15 is 0 Å². The number of aromatic nitrogens is 2. The van der Waals surface area contributed by atoms with Crippen molar-refractivity contribution in [2.45, 2.75) is 52.4 Å². The SMILES string of the molecule is [2H]c1c([2H])c([2H])c(-c2ccc(N(c3ccccc3)c3c([2H])c([2H])c4c5cc6c(cc5n5c7ccc(C(C)(C)C)cc7c3c45)c3c([2H])c([2H])c(N(c4ccccc4)c4ccc(-c5c([2H])c([2H])c([2H])c([2H])c5[2H])cc4)c4c5cc(C(C)(C)C)ccc5n6c34)cc2)c([2H])c1[2H]. The van der Waals surface area contributed by atoms with E-state index < -0.39 is 36.3 Å². The molecule has 4 heterocycles. The van der Waals surface area contributed by atoms with E-state index in [0.717, 1.165) is 76.5 Å². The van der Waals surface area contributed by atoms with Gasteiger partial charge < -0.3 is 18.6 Å². The summed E-state index contributed by atoms with van der Waals surface area (Å²) in [6.45, 7) is 13.0. The summed E-state index contributed by atoms with van der Waals surface area (Å²) in [5, 5.41) is 5.78. The van der Waals surface area contributed by atoms with Gasteiger partial charge in [-0.3, -0.25) is 0 Å². The Kier molecular flexibility index (Phi) is 7.35. The lowest BCUT2D eigenvalue weighted by molar-refractivity contribution is 0.591. The minimum Gasteiger partial charge on any atom is -0.310 e. The Labute approximate surface area is 474 Å². The van der Waals surface area contributed by atoms with Crippen LogP contribution in [0, 0.1) is 0 Å². The number of nitrogens with zero attached hydrogens (tertiary/aromatic N) is 4. The Balaban J connectivity index is 1.03. The second kappa shape index (κ2) is 17.1. The van der Waals surface area contributed by atoms with Gasteiger partial charge in [0.2, 0.25) is 0 Å². The van der Waals surface area contributed by atoms with Crippen LogP contribution in [0.5, 0.6) is 0 Å². The van der Waals surface area contributed by atoms with Gasteiger partial charge in [-0.2, -0.15) is 0 Å². The van der Waals surface area contributed by atoms with E-state index in [2.05, 4.69) is 98.9 Å². The lowest BCUT2D eigenvalue weighted by Crippen LogP contribution is -2.11. The highest BCUT2D eigenvalue weighted by Crippen LogP contribution is 2.52. The fourth-order valence-electron chi connectivity index (χ4n) is 11.8. The molecular weight excluding hydrogens is 945 g/mol. The van der Waals surface area contributed by atoms with E-state index in [1.54, 1.807) is 24.3 Å². The van der Waals surface area contributed by atoms with Gasteiger partial charge in [0.25, 0.3) is 0 Å². The van der Waals surface area contributed by atoms with Crippen LogP contribution in [0.4, 0.5) is 34.1 Å². The maximum Gasteiger partial charge on any atom is 0.0645 e. The third-order valence-corrected chi connectivity index (χ3v) is 15.7. The summed E-state index contributed by atoms with van der Waals surface area (Å²) in [7, 11) is 0. The molecule has 0 N–H and O–H groups in total. The summed E-state index contributed by atoms with van der Waals surface area (Å²) < 4.78 is 131. The number of hydrogen-bond donors (Lipinski definition) is 0. The van der Waals surface area contributed by atoms with Crippen LogP contribution >= 0.6 is 0 Å². The Morgan fingerprint density at radius 1 is 0.321 bits per heavy atom. The summed E-state index contributed by atoms with van der Waals surface area (Å²) in [6, 6.07) is 46.5. The van der Waals surface area contributed by atoms with Crippen LogP contribution < -0.4 is 9.80 Å². The van der Waals surface area contributed by atoms with Crippen molar-refractivity contribution in [3.8, 4) is 22.3 Å². The van der Waals surface area contributed by atoms with Crippen molar-refractivity contribution >= 4 is 110 Å². The minimum absolute atomic E-state index is 0.0103. The summed E-state index contributed by atoms with van der Waals surface area (Å²) in [5.41, 5.74) is 10.7. The van der Waals surface area contributed by atoms with Crippen molar-refractivity contribution in [3.63, 3.8) is 0 Å². The lowest BCUT2D eigenvalue weighted by atomic mass is 9.86. The smallest absolute Gasteiger partial charge is 0.0645 e. The minimum atomic E-state index is -0.476. The molecule has 374 valence electrons. The van der Waals surface area contributed by atoms with Gasteiger partial charge in [0.05, 0.1) is 63.7 Å². The Morgan fingerprint density at radius 3 is 1.06 bits per heavy atom. The summed E-state index contributed by atoms with van der Waals surface area (Å²) in [6.07, 6.45) is 0. The van der Waals surface area contributed by atoms with Crippen LogP contribution in [-0.4, -0.2) is 8.80 Å². The van der Waals surface area contributed by atoms with Crippen molar-refractivity contribution in [2.24, 2.45) is 0 Å². The molecule has 0 spiro atoms. The predicted molar refractivity (Wildman–Crippen MR) is 333 cm³/mol. The molecule has 11 aromatic carbocycles. The molecule has 4 nitrogen and oxygen atoms in total. The molecule has 0 aliphatic heterocycles. The van der Waals surface area contributed by atoms with Gasteiger partial charge in [-0.05, 0) is 141 Å². The van der Waals surface area contributed by atoms with Crippen LogP contribution in [0.3, 0.4) is 0 Å². The highest BCUT2D eigenvalue weighted by Gasteiger charge is 2.30. The third kappa shape index (κ3) is 6.99. The molecule has 78 heavy (non-hydrogen) atoms. The van der Waals surface area contributed by atoms with Crippen molar-refractivity contribution in [2.75, 3.05) is 9.80 Å². The number of rotatable bonds is 8. The molecule has 15 aromatic rings. The molecule has 0 bridgehead atoms. The average Bonchev–Trinajstić information content (AvgIpc) is 1.51. The number of para-hydroxylation sites is 2. The second-order valence-corrected chi connectivity index (χ2v) is 22.4. The van der Waals surface area contributed by atoms with Crippen molar-refractivity contribution < 1.29 is 19.2 Å². The van der Waals surface area contributed by atoms with Crippen LogP contribution in [0.25, 0.3) is 98.4 Å². The molecule has 0 saturated carbocycles. The first-order chi connectivity index (χ1) is 43.8. The molecule has 4 aromatic heterocycles. The van der Waals surface area contributed by atoms with Crippen molar-refractivity contribution in [3.05, 3.63) is 253 Å². The molecule has 0 aliphatic rings. The van der Waals surface area contributed by atoms with Gasteiger partial charge in [-0.1, -0.05) is 187 Å². The monoisotopic (exact) mass is 1020 g/mol. The molecular formula is C74H58N4. The van der Waals surface area contributed by atoms with Gasteiger partial charge in [-0.25, -0.2) is 0 Å². The van der Waals surface area contributed by atoms with Crippen molar-refractivity contribution in [1.82, 2.24) is 8.80 Å². The Morgan fingerprint density at radius 2 is 0.692 bits per heavy atom. The lowest BCUT2D eigenvalue weighted by Gasteiger charge is -2.27. The molecule has 15 rings (SSSR count). The first kappa shape index (κ1) is 33.6. The molecule has 4 heteroatoms. The number of hydrogen-bond acceptors (Lipinski definition) is 2. The van der Waals surface area contributed by atoms with E-state index in [1.165, 1.54) is 0 Å². The summed E-state index contributed by atoms with van der Waals surface area (Å²) in [4.78, 5) is 3.94. The van der Waals surface area contributed by atoms with Crippen LogP contribution in [-0.2, 0) is 10.8 Å². The van der Waals surface area contributed by atoms with Gasteiger partial charge >= 0.3 is 0 Å². The second-order valence-electron chi connectivity index (χ2n) is 22.4. The number of anilines is 6. The molecule has 0 fully saturated rings. The normalized spacial score (nSPS) is 15.0. The molecule has 0 aliphatic carbocycles. The van der Waals surface area contributed by atoms with E-state index in [1.807, 2.05) is 94.7 Å². The molecule has 0 amide bonds. The topological polar surface area (TPSA) is 15.3 Å². The van der Waals surface area contributed by atoms with Crippen LogP contribution in [0.15, 0.2) is 242 Å². The standard InChI is InChI=1S/C74H58N4/c1-73(2,3)51-31-39-63-61(43-51)69-65(75(53-23-15-9-16-24-53)55-33-27-49(28-34-55)47-19-11-7-12-20-47)41-37-57-59-46-68-60(45-67(59)77(63)71(57)69)58-38-42-66(70-62-44-52(74(4,5)6)32-40-64(62)78(68)72(58)70)76(54-25-17-10-18-26-54)56-35-29-50(30-36-56)48-21-13-8-14-22-48/h7-46H,1-6H3/i7D,8D,11D,12D,13D,14D,19D,20D,21D,22D,37D,38D,41D,42D. The quantitative estimate of drug-likeness (QED) is 0.151. The highest BCUT2D eigenvalue weighted by molar-refractivity contribution is 6.32. The van der Waals surface area contributed by atoms with Gasteiger partial charge in [0.1, 0.15) is 0 Å². The van der Waals surface area contributed by atoms with Crippen molar-refractivity contribution in [1.29, 1.82) is 0 Å². The number of benzene rings is 11. The summed E-state index contributed by atoms with van der Waals surface area (Å²) in [5.74, 6) is 0. The maximum absolute atomic E-state index is 10.4. The first-order valence-electron chi connectivity index (χ1n) is 33.3. The largest absolute Gasteiger partial charge is 0.310 e. The fraction of sp³-hybridized carbons (Fsp3) is 0.108. The van der Waals surface area contributed by atoms with E-state index in [4.69, 9.17) is 13.7 Å². The summed E-state index contributed by atoms with van der Waals surface area (Å²) >= 11 is 0. The van der Waals surface area contributed by atoms with E-state index in [9.17, 15) is 5.48 Å². The molecule has 0 saturated heterocycles. The fourth-order valence-corrected chi connectivity index (χ4v) is 11.8. The third-order valence-electron chi connectivity index (χ3n) is 15.7. The Hall–Kier alpha value is -9.38. The molecule has 0 unspecified atom stereocenters. The Bertz CT molecular complexity index is 5230. The van der Waals surface area contributed by atoms with Crippen LogP contribution in [0.2, 0.25) is 0 Å². The van der Waals surface area contributed by atoms with Gasteiger partial charge in [0, 0.05) is 65.8 Å². The van der Waals surface area contributed by atoms with Gasteiger partial charge in [-0.15, -0.1) is 0 Å². The predicted octanol–water partition coefficient (Wildman–Crippen LogP) is 20.9. The van der Waals surface area contributed by atoms with E-state index in [-0.39, 0.29) is 70.3 Å². The number of fused-ring (bicyclic) bond motifs is 12.